The molecule has 2 amide bonds. The van der Waals surface area contributed by atoms with Crippen LogP contribution in [0.15, 0.2) is 48.5 Å². The first kappa shape index (κ1) is 28.9. The van der Waals surface area contributed by atoms with Crippen LogP contribution in [0.3, 0.4) is 0 Å². The van der Waals surface area contributed by atoms with Gasteiger partial charge in [-0.05, 0) is 49.9 Å². The van der Waals surface area contributed by atoms with Gasteiger partial charge in [0.2, 0.25) is 21.8 Å². The Kier molecular flexibility index (Phi) is 10.9. The molecule has 2 rings (SSSR count). The van der Waals surface area contributed by atoms with E-state index in [-0.39, 0.29) is 34.2 Å². The molecule has 192 valence electrons. The van der Waals surface area contributed by atoms with Crippen LogP contribution < -0.4 is 9.62 Å². The summed E-state index contributed by atoms with van der Waals surface area (Å²) in [6.07, 6.45) is 2.65. The molecule has 0 aromatic heterocycles. The number of hydrogen-bond donors (Lipinski definition) is 1. The number of halogens is 2. The van der Waals surface area contributed by atoms with E-state index in [9.17, 15) is 18.0 Å². The molecular formula is C25H33Cl2N3O4S. The highest BCUT2D eigenvalue weighted by Gasteiger charge is 2.32. The monoisotopic (exact) mass is 541 g/mol. The number of hydrogen-bond acceptors (Lipinski definition) is 4. The van der Waals surface area contributed by atoms with Crippen LogP contribution in [0.1, 0.15) is 39.2 Å². The Hall–Kier alpha value is -2.29. The fourth-order valence-corrected chi connectivity index (χ4v) is 4.98. The standard InChI is InChI=1S/C25H33Cl2N3O4S/c1-5-18(3)28-25(32)23(6-2)29(13-12-19-10-8-7-9-11-19)24(31)17-30(35(4,33)34)22-15-20(26)14-21(27)16-22/h7-11,14-16,18,23H,5-6,12-13,17H2,1-4H3,(H,28,32)/t18-,23-/m0/s1. The predicted octanol–water partition coefficient (Wildman–Crippen LogP) is 4.52. The van der Waals surface area contributed by atoms with Crippen molar-refractivity contribution in [3.63, 3.8) is 0 Å². The summed E-state index contributed by atoms with van der Waals surface area (Å²) >= 11 is 12.2. The van der Waals surface area contributed by atoms with Gasteiger partial charge < -0.3 is 10.2 Å². The Morgan fingerprint density at radius 1 is 1.00 bits per heavy atom. The molecule has 35 heavy (non-hydrogen) atoms. The van der Waals surface area contributed by atoms with Gasteiger partial charge in [0.05, 0.1) is 11.9 Å². The van der Waals surface area contributed by atoms with Crippen LogP contribution in [0.4, 0.5) is 5.69 Å². The van der Waals surface area contributed by atoms with Gasteiger partial charge in [-0.15, -0.1) is 0 Å². The zero-order valence-electron chi connectivity index (χ0n) is 20.5. The molecule has 2 atom stereocenters. The molecule has 0 saturated heterocycles. The molecule has 0 saturated carbocycles. The predicted molar refractivity (Wildman–Crippen MR) is 142 cm³/mol. The second-order valence-corrected chi connectivity index (χ2v) is 11.2. The minimum atomic E-state index is -3.85. The summed E-state index contributed by atoms with van der Waals surface area (Å²) in [6, 6.07) is 13.2. The molecule has 0 spiro atoms. The zero-order chi connectivity index (χ0) is 26.2. The normalized spacial score (nSPS) is 13.1. The average molecular weight is 543 g/mol. The highest BCUT2D eigenvalue weighted by atomic mass is 35.5. The minimum Gasteiger partial charge on any atom is -0.352 e. The molecule has 0 aliphatic carbocycles. The highest BCUT2D eigenvalue weighted by molar-refractivity contribution is 7.92. The molecule has 0 bridgehead atoms. The molecule has 0 heterocycles. The van der Waals surface area contributed by atoms with Gasteiger partial charge in [-0.3, -0.25) is 13.9 Å². The maximum Gasteiger partial charge on any atom is 0.244 e. The van der Waals surface area contributed by atoms with E-state index in [0.29, 0.717) is 12.8 Å². The first-order valence-electron chi connectivity index (χ1n) is 11.5. The molecular weight excluding hydrogens is 509 g/mol. The number of carbonyl (C=O) groups is 2. The summed E-state index contributed by atoms with van der Waals surface area (Å²) in [4.78, 5) is 28.1. The van der Waals surface area contributed by atoms with Crippen molar-refractivity contribution in [2.24, 2.45) is 0 Å². The van der Waals surface area contributed by atoms with Gasteiger partial charge in [0.25, 0.3) is 0 Å². The first-order chi connectivity index (χ1) is 16.5. The van der Waals surface area contributed by atoms with Crippen LogP contribution in [-0.4, -0.2) is 56.6 Å². The number of rotatable bonds is 12. The van der Waals surface area contributed by atoms with Crippen molar-refractivity contribution >= 4 is 50.7 Å². The number of benzene rings is 2. The van der Waals surface area contributed by atoms with Crippen LogP contribution in [0.5, 0.6) is 0 Å². The smallest absolute Gasteiger partial charge is 0.244 e. The van der Waals surface area contributed by atoms with E-state index in [2.05, 4.69) is 5.32 Å². The fourth-order valence-electron chi connectivity index (χ4n) is 3.63. The van der Waals surface area contributed by atoms with E-state index in [0.717, 1.165) is 22.5 Å². The van der Waals surface area contributed by atoms with E-state index < -0.39 is 28.5 Å². The lowest BCUT2D eigenvalue weighted by atomic mass is 10.1. The molecule has 0 unspecified atom stereocenters. The fraction of sp³-hybridized carbons (Fsp3) is 0.440. The van der Waals surface area contributed by atoms with Gasteiger partial charge >= 0.3 is 0 Å². The summed E-state index contributed by atoms with van der Waals surface area (Å²) in [5, 5.41) is 3.43. The second-order valence-electron chi connectivity index (χ2n) is 8.46. The third kappa shape index (κ3) is 8.70. The van der Waals surface area contributed by atoms with E-state index >= 15 is 0 Å². The van der Waals surface area contributed by atoms with Gasteiger partial charge in [0.1, 0.15) is 12.6 Å². The van der Waals surface area contributed by atoms with Gasteiger partial charge in [-0.1, -0.05) is 67.4 Å². The quantitative estimate of drug-likeness (QED) is 0.427. The SMILES string of the molecule is CC[C@H](C)NC(=O)[C@H](CC)N(CCc1ccccc1)C(=O)CN(c1cc(Cl)cc(Cl)c1)S(C)(=O)=O. The van der Waals surface area contributed by atoms with E-state index in [1.165, 1.54) is 23.1 Å². The lowest BCUT2D eigenvalue weighted by Gasteiger charge is -2.33. The maximum absolute atomic E-state index is 13.6. The number of nitrogens with zero attached hydrogens (tertiary/aromatic N) is 2. The Bertz CT molecular complexity index is 1090. The molecule has 10 heteroatoms. The zero-order valence-corrected chi connectivity index (χ0v) is 22.8. The average Bonchev–Trinajstić information content (AvgIpc) is 2.78. The summed E-state index contributed by atoms with van der Waals surface area (Å²) in [6.45, 7) is 5.45. The van der Waals surface area contributed by atoms with Crippen molar-refractivity contribution in [2.75, 3.05) is 23.7 Å². The summed E-state index contributed by atoms with van der Waals surface area (Å²) in [7, 11) is -3.85. The number of anilines is 1. The summed E-state index contributed by atoms with van der Waals surface area (Å²) in [5.41, 5.74) is 1.18. The molecule has 0 fully saturated rings. The minimum absolute atomic E-state index is 0.0521. The molecule has 0 radical (unpaired) electrons. The van der Waals surface area contributed by atoms with Gasteiger partial charge in [0, 0.05) is 22.6 Å². The first-order valence-corrected chi connectivity index (χ1v) is 14.1. The molecule has 1 N–H and O–H groups in total. The van der Waals surface area contributed by atoms with Crippen molar-refractivity contribution in [2.45, 2.75) is 52.1 Å². The highest BCUT2D eigenvalue weighted by Crippen LogP contribution is 2.27. The van der Waals surface area contributed by atoms with Crippen LogP contribution in [-0.2, 0) is 26.0 Å². The number of sulfonamides is 1. The molecule has 2 aromatic carbocycles. The summed E-state index contributed by atoms with van der Waals surface area (Å²) in [5.74, 6) is -0.756. The van der Waals surface area contributed by atoms with Crippen molar-refractivity contribution in [1.29, 1.82) is 0 Å². The van der Waals surface area contributed by atoms with E-state index in [1.54, 1.807) is 0 Å². The number of amides is 2. The van der Waals surface area contributed by atoms with Gasteiger partial charge in [-0.25, -0.2) is 8.42 Å². The van der Waals surface area contributed by atoms with E-state index in [4.69, 9.17) is 23.2 Å². The lowest BCUT2D eigenvalue weighted by molar-refractivity contribution is -0.139. The Morgan fingerprint density at radius 2 is 1.60 bits per heavy atom. The molecule has 7 nitrogen and oxygen atoms in total. The van der Waals surface area contributed by atoms with Crippen LogP contribution >= 0.6 is 23.2 Å². The second kappa shape index (κ2) is 13.1. The van der Waals surface area contributed by atoms with Crippen molar-refractivity contribution in [3.8, 4) is 0 Å². The van der Waals surface area contributed by atoms with Crippen LogP contribution in [0.25, 0.3) is 0 Å². The Morgan fingerprint density at radius 3 is 2.11 bits per heavy atom. The van der Waals surface area contributed by atoms with Gasteiger partial charge in [0.15, 0.2) is 0 Å². The number of carbonyl (C=O) groups excluding carboxylic acids is 2. The van der Waals surface area contributed by atoms with Crippen LogP contribution in [0, 0.1) is 0 Å². The van der Waals surface area contributed by atoms with Crippen molar-refractivity contribution in [3.05, 3.63) is 64.1 Å². The third-order valence-electron chi connectivity index (χ3n) is 5.69. The topological polar surface area (TPSA) is 86.8 Å². The molecule has 0 aliphatic heterocycles. The molecule has 2 aromatic rings. The lowest BCUT2D eigenvalue weighted by Crippen LogP contribution is -2.54. The van der Waals surface area contributed by atoms with E-state index in [1.807, 2.05) is 51.1 Å². The van der Waals surface area contributed by atoms with Crippen LogP contribution in [0.2, 0.25) is 10.0 Å². The maximum atomic E-state index is 13.6. The third-order valence-corrected chi connectivity index (χ3v) is 7.26. The van der Waals surface area contributed by atoms with Crippen molar-refractivity contribution < 1.29 is 18.0 Å². The summed E-state index contributed by atoms with van der Waals surface area (Å²) < 4.78 is 26.2. The number of nitrogens with one attached hydrogen (secondary N) is 1. The molecule has 0 aliphatic rings. The largest absolute Gasteiger partial charge is 0.352 e. The Labute approximate surface area is 218 Å². The Balaban J connectivity index is 2.39. The van der Waals surface area contributed by atoms with Crippen molar-refractivity contribution in [1.82, 2.24) is 10.2 Å². The van der Waals surface area contributed by atoms with Gasteiger partial charge in [-0.2, -0.15) is 0 Å².